The summed E-state index contributed by atoms with van der Waals surface area (Å²) in [5.41, 5.74) is 1.59. The molecule has 8 nitrogen and oxygen atoms in total. The summed E-state index contributed by atoms with van der Waals surface area (Å²) in [5.74, 6) is 0.259. The number of hydrogen-bond donors (Lipinski definition) is 1. The number of amides is 2. The van der Waals surface area contributed by atoms with Crippen molar-refractivity contribution in [1.82, 2.24) is 10.2 Å². The highest BCUT2D eigenvalue weighted by molar-refractivity contribution is 7.92. The fourth-order valence-corrected chi connectivity index (χ4v) is 4.68. The number of methoxy groups -OCH3 is 1. The van der Waals surface area contributed by atoms with Gasteiger partial charge in [0.1, 0.15) is 11.8 Å². The average Bonchev–Trinajstić information content (AvgIpc) is 2.85. The Bertz CT molecular complexity index is 1040. The molecule has 2 aromatic carbocycles. The van der Waals surface area contributed by atoms with E-state index in [1.165, 1.54) is 4.31 Å². The molecule has 1 N–H and O–H groups in total. The molecule has 0 saturated carbocycles. The smallest absolute Gasteiger partial charge is 0.242 e. The summed E-state index contributed by atoms with van der Waals surface area (Å²) in [6.07, 6.45) is 3.03. The molecular formula is C26H37N3O5S. The van der Waals surface area contributed by atoms with E-state index in [1.807, 2.05) is 37.3 Å². The zero-order valence-electron chi connectivity index (χ0n) is 21.1. The number of benzene rings is 2. The van der Waals surface area contributed by atoms with Gasteiger partial charge in [-0.15, -0.1) is 0 Å². The van der Waals surface area contributed by atoms with E-state index in [-0.39, 0.29) is 24.8 Å². The molecule has 2 rings (SSSR count). The van der Waals surface area contributed by atoms with Crippen molar-refractivity contribution in [3.8, 4) is 5.75 Å². The van der Waals surface area contributed by atoms with Gasteiger partial charge < -0.3 is 15.0 Å². The van der Waals surface area contributed by atoms with Crippen LogP contribution in [0, 0.1) is 0 Å². The van der Waals surface area contributed by atoms with Crippen molar-refractivity contribution < 1.29 is 22.7 Å². The minimum Gasteiger partial charge on any atom is -0.497 e. The molecule has 0 spiro atoms. The lowest BCUT2D eigenvalue weighted by Crippen LogP contribution is -2.49. The van der Waals surface area contributed by atoms with Crippen LogP contribution in [0.2, 0.25) is 0 Å². The highest BCUT2D eigenvalue weighted by Crippen LogP contribution is 2.22. The number of ether oxygens (including phenoxy) is 1. The van der Waals surface area contributed by atoms with Crippen LogP contribution in [0.5, 0.6) is 5.75 Å². The van der Waals surface area contributed by atoms with Crippen LogP contribution in [0.25, 0.3) is 0 Å². The van der Waals surface area contributed by atoms with Gasteiger partial charge in [-0.1, -0.05) is 37.3 Å². The molecule has 2 amide bonds. The Morgan fingerprint density at radius 2 is 1.69 bits per heavy atom. The molecule has 0 aliphatic carbocycles. The molecule has 0 fully saturated rings. The van der Waals surface area contributed by atoms with Crippen molar-refractivity contribution in [2.75, 3.05) is 37.3 Å². The van der Waals surface area contributed by atoms with Crippen LogP contribution in [0.1, 0.15) is 38.7 Å². The first-order valence-corrected chi connectivity index (χ1v) is 13.7. The second kappa shape index (κ2) is 13.7. The molecule has 2 aromatic rings. The molecular weight excluding hydrogens is 466 g/mol. The van der Waals surface area contributed by atoms with Gasteiger partial charge in [0.05, 0.1) is 19.1 Å². The first kappa shape index (κ1) is 28.2. The fourth-order valence-electron chi connectivity index (χ4n) is 3.72. The molecule has 0 aliphatic heterocycles. The predicted octanol–water partition coefficient (Wildman–Crippen LogP) is 3.23. The molecule has 35 heavy (non-hydrogen) atoms. The maximum atomic E-state index is 13.2. The first-order chi connectivity index (χ1) is 16.7. The van der Waals surface area contributed by atoms with E-state index < -0.39 is 16.1 Å². The second-order valence-corrected chi connectivity index (χ2v) is 10.3. The Balaban J connectivity index is 2.08. The zero-order valence-corrected chi connectivity index (χ0v) is 21.9. The maximum Gasteiger partial charge on any atom is 0.242 e. The van der Waals surface area contributed by atoms with Gasteiger partial charge in [0.15, 0.2) is 0 Å². The second-order valence-electron chi connectivity index (χ2n) is 8.43. The number of hydrogen-bond acceptors (Lipinski definition) is 5. The van der Waals surface area contributed by atoms with Crippen LogP contribution in [0.4, 0.5) is 5.69 Å². The molecule has 9 heteroatoms. The predicted molar refractivity (Wildman–Crippen MR) is 139 cm³/mol. The van der Waals surface area contributed by atoms with Crippen LogP contribution in [0.15, 0.2) is 54.6 Å². The van der Waals surface area contributed by atoms with Crippen LogP contribution in [-0.4, -0.2) is 64.2 Å². The van der Waals surface area contributed by atoms with Crippen molar-refractivity contribution in [3.05, 3.63) is 60.2 Å². The third-order valence-electron chi connectivity index (χ3n) is 5.71. The average molecular weight is 504 g/mol. The van der Waals surface area contributed by atoms with Crippen molar-refractivity contribution in [3.63, 3.8) is 0 Å². The largest absolute Gasteiger partial charge is 0.497 e. The summed E-state index contributed by atoms with van der Waals surface area (Å²) in [5, 5.41) is 2.86. The lowest BCUT2D eigenvalue weighted by atomic mass is 10.1. The Hall–Kier alpha value is -3.07. The molecule has 0 saturated heterocycles. The summed E-state index contributed by atoms with van der Waals surface area (Å²) in [4.78, 5) is 27.4. The normalized spacial score (nSPS) is 12.0. The zero-order chi connectivity index (χ0) is 25.8. The summed E-state index contributed by atoms with van der Waals surface area (Å²) >= 11 is 0. The number of nitrogens with zero attached hydrogens (tertiary/aromatic N) is 2. The summed E-state index contributed by atoms with van der Waals surface area (Å²) in [6, 6.07) is 15.9. The monoisotopic (exact) mass is 503 g/mol. The van der Waals surface area contributed by atoms with Crippen molar-refractivity contribution in [1.29, 1.82) is 0 Å². The van der Waals surface area contributed by atoms with Crippen molar-refractivity contribution >= 4 is 27.5 Å². The molecule has 192 valence electrons. The number of carbonyl (C=O) groups is 2. The van der Waals surface area contributed by atoms with Crippen LogP contribution in [-0.2, 0) is 26.0 Å². The van der Waals surface area contributed by atoms with E-state index in [9.17, 15) is 18.0 Å². The molecule has 1 atom stereocenters. The number of sulfonamides is 1. The summed E-state index contributed by atoms with van der Waals surface area (Å²) < 4.78 is 31.2. The maximum absolute atomic E-state index is 13.2. The van der Waals surface area contributed by atoms with Gasteiger partial charge >= 0.3 is 0 Å². The van der Waals surface area contributed by atoms with E-state index in [2.05, 4.69) is 5.32 Å². The van der Waals surface area contributed by atoms with Crippen molar-refractivity contribution in [2.45, 2.75) is 45.6 Å². The van der Waals surface area contributed by atoms with Gasteiger partial charge in [0, 0.05) is 26.1 Å². The summed E-state index contributed by atoms with van der Waals surface area (Å²) in [6.45, 7) is 4.81. The van der Waals surface area contributed by atoms with Gasteiger partial charge in [-0.2, -0.15) is 0 Å². The van der Waals surface area contributed by atoms with Crippen LogP contribution >= 0.6 is 0 Å². The fraction of sp³-hybridized carbons (Fsp3) is 0.462. The van der Waals surface area contributed by atoms with Crippen LogP contribution in [0.3, 0.4) is 0 Å². The first-order valence-electron chi connectivity index (χ1n) is 11.9. The number of carbonyl (C=O) groups excluding carboxylic acids is 2. The Morgan fingerprint density at radius 3 is 2.26 bits per heavy atom. The van der Waals surface area contributed by atoms with E-state index in [4.69, 9.17) is 4.74 Å². The van der Waals surface area contributed by atoms with E-state index in [0.29, 0.717) is 37.4 Å². The topological polar surface area (TPSA) is 96.0 Å². The molecule has 0 heterocycles. The van der Waals surface area contributed by atoms with E-state index >= 15 is 0 Å². The number of rotatable bonds is 14. The van der Waals surface area contributed by atoms with Gasteiger partial charge in [-0.05, 0) is 56.0 Å². The quantitative estimate of drug-likeness (QED) is 0.427. The van der Waals surface area contributed by atoms with E-state index in [1.54, 1.807) is 43.2 Å². The van der Waals surface area contributed by atoms with Gasteiger partial charge in [0.25, 0.3) is 0 Å². The van der Waals surface area contributed by atoms with Gasteiger partial charge in [-0.25, -0.2) is 8.42 Å². The third-order valence-corrected chi connectivity index (χ3v) is 6.91. The molecule has 0 unspecified atom stereocenters. The summed E-state index contributed by atoms with van der Waals surface area (Å²) in [7, 11) is -1.99. The van der Waals surface area contributed by atoms with E-state index in [0.717, 1.165) is 18.2 Å². The molecule has 0 bridgehead atoms. The standard InChI is InChI=1S/C26H37N3O5S/c1-5-18-27-26(31)21(2)28(20-17-22-10-7-6-8-11-22)25(30)12-9-19-29(35(4,32)33)23-13-15-24(34-3)16-14-23/h6-8,10-11,13-16,21H,5,9,12,17-20H2,1-4H3,(H,27,31)/t21-/m0/s1. The van der Waals surface area contributed by atoms with Crippen LogP contribution < -0.4 is 14.4 Å². The van der Waals surface area contributed by atoms with Gasteiger partial charge in [0.2, 0.25) is 21.8 Å². The molecule has 0 aliphatic rings. The lowest BCUT2D eigenvalue weighted by Gasteiger charge is -2.29. The molecule has 0 radical (unpaired) electrons. The Kier molecular flexibility index (Phi) is 11.0. The minimum absolute atomic E-state index is 0.127. The number of anilines is 1. The SMILES string of the molecule is CCCNC(=O)[C@H](C)N(CCc1ccccc1)C(=O)CCCN(c1ccc(OC)cc1)S(C)(=O)=O. The highest BCUT2D eigenvalue weighted by atomic mass is 32.2. The highest BCUT2D eigenvalue weighted by Gasteiger charge is 2.26. The van der Waals surface area contributed by atoms with Gasteiger partial charge in [-0.3, -0.25) is 13.9 Å². The Morgan fingerprint density at radius 1 is 1.03 bits per heavy atom. The minimum atomic E-state index is -3.54. The lowest BCUT2D eigenvalue weighted by molar-refractivity contribution is -0.139. The Labute approximate surface area is 209 Å². The molecule has 0 aromatic heterocycles. The third kappa shape index (κ3) is 8.90. The van der Waals surface area contributed by atoms with Crippen molar-refractivity contribution in [2.24, 2.45) is 0 Å². The number of nitrogens with one attached hydrogen (secondary N) is 1.